The van der Waals surface area contributed by atoms with Crippen LogP contribution in [0.4, 0.5) is 0 Å². The van der Waals surface area contributed by atoms with Crippen LogP contribution in [0.3, 0.4) is 0 Å². The fraction of sp³-hybridized carbons (Fsp3) is 0.429. The van der Waals surface area contributed by atoms with Gasteiger partial charge in [-0.3, -0.25) is 0 Å². The van der Waals surface area contributed by atoms with Crippen LogP contribution in [-0.4, -0.2) is 5.11 Å². The fourth-order valence-electron chi connectivity index (χ4n) is 1.74. The summed E-state index contributed by atoms with van der Waals surface area (Å²) >= 11 is 0. The zero-order chi connectivity index (χ0) is 11.1. The van der Waals surface area contributed by atoms with Gasteiger partial charge in [0.2, 0.25) is 0 Å². The van der Waals surface area contributed by atoms with Crippen molar-refractivity contribution in [3.05, 3.63) is 48.6 Å². The Morgan fingerprint density at radius 1 is 1.33 bits per heavy atom. The van der Waals surface area contributed by atoms with Gasteiger partial charge in [0.05, 0.1) is 6.10 Å². The molecular weight excluding hydrogens is 184 g/mol. The van der Waals surface area contributed by atoms with Crippen molar-refractivity contribution < 1.29 is 5.11 Å². The zero-order valence-corrected chi connectivity index (χ0v) is 9.39. The Hall–Kier alpha value is -1.08. The van der Waals surface area contributed by atoms with Crippen molar-refractivity contribution in [1.29, 1.82) is 0 Å². The van der Waals surface area contributed by atoms with Crippen molar-refractivity contribution in [3.8, 4) is 0 Å². The van der Waals surface area contributed by atoms with E-state index in [1.807, 2.05) is 36.4 Å². The molecule has 1 N–H and O–H groups in total. The second-order valence-corrected chi connectivity index (χ2v) is 3.90. The van der Waals surface area contributed by atoms with Gasteiger partial charge in [0, 0.05) is 5.92 Å². The minimum atomic E-state index is -0.407. The van der Waals surface area contributed by atoms with Crippen LogP contribution in [0.25, 0.3) is 0 Å². The number of rotatable bonds is 6. The Morgan fingerprint density at radius 3 is 2.53 bits per heavy atom. The molecule has 15 heavy (non-hydrogen) atoms. The molecule has 2 atom stereocenters. The third kappa shape index (κ3) is 3.52. The molecule has 0 aliphatic carbocycles. The molecular formula is C14H20O. The van der Waals surface area contributed by atoms with E-state index < -0.39 is 6.10 Å². The van der Waals surface area contributed by atoms with Gasteiger partial charge in [0.1, 0.15) is 0 Å². The maximum Gasteiger partial charge on any atom is 0.0852 e. The quantitative estimate of drug-likeness (QED) is 0.700. The second-order valence-electron chi connectivity index (χ2n) is 3.90. The van der Waals surface area contributed by atoms with Gasteiger partial charge in [-0.25, -0.2) is 0 Å². The van der Waals surface area contributed by atoms with Gasteiger partial charge < -0.3 is 5.11 Å². The number of hydrogen-bond acceptors (Lipinski definition) is 1. The van der Waals surface area contributed by atoms with Crippen molar-refractivity contribution in [2.75, 3.05) is 0 Å². The summed E-state index contributed by atoms with van der Waals surface area (Å²) in [5.41, 5.74) is 0.985. The van der Waals surface area contributed by atoms with Gasteiger partial charge in [-0.2, -0.15) is 0 Å². The molecule has 0 aromatic heterocycles. The lowest BCUT2D eigenvalue weighted by molar-refractivity contribution is 0.126. The molecule has 1 aromatic carbocycles. The summed E-state index contributed by atoms with van der Waals surface area (Å²) in [6.07, 6.45) is 4.77. The first-order chi connectivity index (χ1) is 7.29. The lowest BCUT2D eigenvalue weighted by atomic mass is 9.91. The first kappa shape index (κ1) is 12.0. The highest BCUT2D eigenvalue weighted by atomic mass is 16.3. The highest BCUT2D eigenvalue weighted by Gasteiger charge is 2.16. The van der Waals surface area contributed by atoms with E-state index >= 15 is 0 Å². The van der Waals surface area contributed by atoms with Gasteiger partial charge in [-0.05, 0) is 12.0 Å². The molecule has 0 bridgehead atoms. The average Bonchev–Trinajstić information content (AvgIpc) is 2.31. The van der Waals surface area contributed by atoms with Gasteiger partial charge in [-0.15, -0.1) is 6.58 Å². The first-order valence-corrected chi connectivity index (χ1v) is 5.65. The Labute approximate surface area is 92.5 Å². The molecule has 0 spiro atoms. The monoisotopic (exact) mass is 204 g/mol. The van der Waals surface area contributed by atoms with E-state index in [-0.39, 0.29) is 5.92 Å². The largest absolute Gasteiger partial charge is 0.388 e. The highest BCUT2D eigenvalue weighted by molar-refractivity contribution is 5.19. The molecule has 0 saturated heterocycles. The number of aliphatic hydroxyl groups excluding tert-OH is 1. The summed E-state index contributed by atoms with van der Waals surface area (Å²) in [6, 6.07) is 9.81. The Balaban J connectivity index is 2.64. The molecule has 0 aliphatic heterocycles. The van der Waals surface area contributed by atoms with Crippen LogP contribution in [0.15, 0.2) is 43.0 Å². The van der Waals surface area contributed by atoms with Crippen LogP contribution < -0.4 is 0 Å². The molecule has 1 heteroatoms. The summed E-state index contributed by atoms with van der Waals surface area (Å²) in [5, 5.41) is 10.1. The molecule has 0 radical (unpaired) electrons. The summed E-state index contributed by atoms with van der Waals surface area (Å²) in [6.45, 7) is 5.96. The summed E-state index contributed by atoms with van der Waals surface area (Å²) in [5.74, 6) is 0.173. The second kappa shape index (κ2) is 6.41. The van der Waals surface area contributed by atoms with Gasteiger partial charge in [0.25, 0.3) is 0 Å². The van der Waals surface area contributed by atoms with Crippen LogP contribution in [0.2, 0.25) is 0 Å². The van der Waals surface area contributed by atoms with Crippen molar-refractivity contribution in [1.82, 2.24) is 0 Å². The molecule has 0 fully saturated rings. The molecule has 0 saturated carbocycles. The lowest BCUT2D eigenvalue weighted by Gasteiger charge is -2.19. The molecule has 82 valence electrons. The number of hydrogen-bond donors (Lipinski definition) is 1. The van der Waals surface area contributed by atoms with E-state index in [1.165, 1.54) is 0 Å². The first-order valence-electron chi connectivity index (χ1n) is 5.65. The average molecular weight is 204 g/mol. The Bertz CT molecular complexity index is 279. The van der Waals surface area contributed by atoms with Crippen molar-refractivity contribution in [3.63, 3.8) is 0 Å². The standard InChI is InChI=1S/C14H20O/c1-3-5-9-12(4-2)14(15)13-10-7-6-8-11-13/h4,6-8,10-12,14-15H,2-3,5,9H2,1H3. The lowest BCUT2D eigenvalue weighted by Crippen LogP contribution is -2.10. The summed E-state index contributed by atoms with van der Waals surface area (Å²) in [7, 11) is 0. The Morgan fingerprint density at radius 2 is 2.00 bits per heavy atom. The third-order valence-electron chi connectivity index (χ3n) is 2.74. The van der Waals surface area contributed by atoms with Crippen molar-refractivity contribution in [2.24, 2.45) is 5.92 Å². The molecule has 0 aliphatic rings. The van der Waals surface area contributed by atoms with Crippen LogP contribution >= 0.6 is 0 Å². The topological polar surface area (TPSA) is 20.2 Å². The Kier molecular flexibility index (Phi) is 5.13. The van der Waals surface area contributed by atoms with Gasteiger partial charge in [-0.1, -0.05) is 56.2 Å². The van der Waals surface area contributed by atoms with Crippen LogP contribution in [0.1, 0.15) is 37.9 Å². The van der Waals surface area contributed by atoms with E-state index in [0.29, 0.717) is 0 Å². The number of unbranched alkanes of at least 4 members (excludes halogenated alkanes) is 1. The van der Waals surface area contributed by atoms with E-state index in [9.17, 15) is 5.11 Å². The number of benzene rings is 1. The van der Waals surface area contributed by atoms with Gasteiger partial charge in [0.15, 0.2) is 0 Å². The normalized spacial score (nSPS) is 14.5. The molecule has 0 heterocycles. The van der Waals surface area contributed by atoms with Crippen LogP contribution in [-0.2, 0) is 0 Å². The van der Waals surface area contributed by atoms with E-state index in [0.717, 1.165) is 24.8 Å². The van der Waals surface area contributed by atoms with Crippen molar-refractivity contribution in [2.45, 2.75) is 32.3 Å². The van der Waals surface area contributed by atoms with Gasteiger partial charge >= 0.3 is 0 Å². The molecule has 1 aromatic rings. The van der Waals surface area contributed by atoms with E-state index in [1.54, 1.807) is 0 Å². The third-order valence-corrected chi connectivity index (χ3v) is 2.74. The number of aliphatic hydroxyl groups is 1. The minimum Gasteiger partial charge on any atom is -0.388 e. The van der Waals surface area contributed by atoms with Crippen molar-refractivity contribution >= 4 is 0 Å². The molecule has 0 amide bonds. The summed E-state index contributed by atoms with van der Waals surface area (Å²) in [4.78, 5) is 0. The molecule has 1 rings (SSSR count). The molecule has 1 nitrogen and oxygen atoms in total. The summed E-state index contributed by atoms with van der Waals surface area (Å²) < 4.78 is 0. The highest BCUT2D eigenvalue weighted by Crippen LogP contribution is 2.26. The predicted molar refractivity (Wildman–Crippen MR) is 64.6 cm³/mol. The fourth-order valence-corrected chi connectivity index (χ4v) is 1.74. The molecule has 2 unspecified atom stereocenters. The van der Waals surface area contributed by atoms with Crippen LogP contribution in [0, 0.1) is 5.92 Å². The maximum atomic E-state index is 10.1. The maximum absolute atomic E-state index is 10.1. The van der Waals surface area contributed by atoms with E-state index in [4.69, 9.17) is 0 Å². The minimum absolute atomic E-state index is 0.173. The predicted octanol–water partition coefficient (Wildman–Crippen LogP) is 3.71. The smallest absolute Gasteiger partial charge is 0.0852 e. The van der Waals surface area contributed by atoms with Crippen LogP contribution in [0.5, 0.6) is 0 Å². The SMILES string of the molecule is C=CC(CCCC)C(O)c1ccccc1. The van der Waals surface area contributed by atoms with E-state index in [2.05, 4.69) is 13.5 Å². The zero-order valence-electron chi connectivity index (χ0n) is 9.39.